The van der Waals surface area contributed by atoms with Gasteiger partial charge in [0, 0.05) is 0 Å². The number of likely N-dealkylation sites (tertiary alicyclic amines) is 1. The van der Waals surface area contributed by atoms with Crippen LogP contribution in [-0.4, -0.2) is 56.4 Å². The van der Waals surface area contributed by atoms with E-state index in [-0.39, 0.29) is 0 Å². The molecule has 0 saturated carbocycles. The summed E-state index contributed by atoms with van der Waals surface area (Å²) in [6.45, 7) is 2.81. The zero-order valence-electron chi connectivity index (χ0n) is 12.1. The third-order valence-electron chi connectivity index (χ3n) is 3.14. The van der Waals surface area contributed by atoms with E-state index in [1.807, 2.05) is 0 Å². The summed E-state index contributed by atoms with van der Waals surface area (Å²) in [7, 11) is -5.14. The van der Waals surface area contributed by atoms with Gasteiger partial charge in [0.05, 0.1) is 20.1 Å². The van der Waals surface area contributed by atoms with Crippen LogP contribution in [-0.2, 0) is 10.1 Å². The minimum atomic E-state index is -7.43. The van der Waals surface area contributed by atoms with Gasteiger partial charge in [0.2, 0.25) is 0 Å². The first-order valence-corrected chi connectivity index (χ1v) is 7.77. The quantitative estimate of drug-likeness (QED) is 0.580. The Morgan fingerprint density at radius 1 is 0.792 bits per heavy atom. The molecule has 4 nitrogen and oxygen atoms in total. The molecule has 1 saturated heterocycles. The van der Waals surface area contributed by atoms with E-state index in [1.165, 1.54) is 32.4 Å². The summed E-state index contributed by atoms with van der Waals surface area (Å²) in [4.78, 5) is 1.71. The number of piperidine rings is 1. The molecule has 1 rings (SSSR count). The Labute approximate surface area is 131 Å². The van der Waals surface area contributed by atoms with Crippen LogP contribution in [0.1, 0.15) is 19.3 Å². The fraction of sp³-hybridized carbons (Fsp3) is 1.00. The fourth-order valence-electron chi connectivity index (χ4n) is 1.67. The van der Waals surface area contributed by atoms with Crippen LogP contribution in [0.25, 0.3) is 0 Å². The maximum absolute atomic E-state index is 12.2. The summed E-state index contributed by atoms with van der Waals surface area (Å²) >= 11 is 0. The number of quaternary nitrogens is 1. The minimum absolute atomic E-state index is 1.40. The lowest BCUT2D eigenvalue weighted by atomic mass is 10.1. The van der Waals surface area contributed by atoms with Crippen LogP contribution in [0.3, 0.4) is 0 Å². The van der Waals surface area contributed by atoms with Gasteiger partial charge in [-0.05, 0) is 19.3 Å². The van der Waals surface area contributed by atoms with Gasteiger partial charge in [-0.1, -0.05) is 0 Å². The van der Waals surface area contributed by atoms with Gasteiger partial charge >= 0.3 is 23.3 Å². The van der Waals surface area contributed by atoms with Crippen LogP contribution < -0.4 is 4.90 Å². The molecule has 1 aliphatic heterocycles. The first-order valence-electron chi connectivity index (χ1n) is 6.36. The van der Waals surface area contributed by atoms with Crippen molar-refractivity contribution in [2.24, 2.45) is 0 Å². The van der Waals surface area contributed by atoms with Gasteiger partial charge in [0.25, 0.3) is 0 Å². The molecule has 1 heterocycles. The lowest BCUT2D eigenvalue weighted by Gasteiger charge is -2.34. The number of nitrogens with one attached hydrogen (secondary N) is 1. The Balaban J connectivity index is 0.000000620. The van der Waals surface area contributed by atoms with E-state index in [2.05, 4.69) is 7.05 Å². The molecule has 0 aromatic heterocycles. The lowest BCUT2D eigenvalue weighted by Crippen LogP contribution is -3.09. The second-order valence-corrected chi connectivity index (χ2v) is 6.56. The third kappa shape index (κ3) is 4.65. The van der Waals surface area contributed by atoms with Gasteiger partial charge in [-0.15, -0.1) is 0 Å². The van der Waals surface area contributed by atoms with Gasteiger partial charge in [-0.3, -0.25) is 0 Å². The number of hydrogen-bond acceptors (Lipinski definition) is 3. The van der Waals surface area contributed by atoms with E-state index in [4.69, 9.17) is 0 Å². The Morgan fingerprint density at radius 3 is 1.38 bits per heavy atom. The molecule has 146 valence electrons. The molecule has 14 heteroatoms. The van der Waals surface area contributed by atoms with Crippen molar-refractivity contribution in [2.75, 3.05) is 20.1 Å². The highest BCUT2D eigenvalue weighted by atomic mass is 32.2. The summed E-state index contributed by atoms with van der Waals surface area (Å²) in [6, 6.07) is 0. The van der Waals surface area contributed by atoms with Crippen LogP contribution in [0, 0.1) is 0 Å². The van der Waals surface area contributed by atoms with Crippen molar-refractivity contribution in [3.05, 3.63) is 0 Å². The number of hydrogen-bond donors (Lipinski definition) is 1. The minimum Gasteiger partial charge on any atom is -0.743 e. The molecule has 0 aromatic carbocycles. The Kier molecular flexibility index (Phi) is 7.01. The lowest BCUT2D eigenvalue weighted by molar-refractivity contribution is -0.884. The zero-order chi connectivity index (χ0) is 19.6. The summed E-state index contributed by atoms with van der Waals surface area (Å²) in [5.41, 5.74) is 0. The highest BCUT2D eigenvalue weighted by Gasteiger charge is 2.83. The van der Waals surface area contributed by atoms with Crippen LogP contribution in [0.4, 0.5) is 39.5 Å². The third-order valence-corrected chi connectivity index (χ3v) is 4.02. The van der Waals surface area contributed by atoms with Gasteiger partial charge in [0.15, 0.2) is 10.1 Å². The Morgan fingerprint density at radius 2 is 1.17 bits per heavy atom. The average Bonchev–Trinajstić information content (AvgIpc) is 2.37. The van der Waals surface area contributed by atoms with Crippen molar-refractivity contribution in [3.63, 3.8) is 0 Å². The average molecular weight is 399 g/mol. The van der Waals surface area contributed by atoms with Gasteiger partial charge in [-0.2, -0.15) is 39.5 Å². The molecule has 0 amide bonds. The highest BCUT2D eigenvalue weighted by Crippen LogP contribution is 2.54. The van der Waals surface area contributed by atoms with Crippen molar-refractivity contribution >= 4 is 10.1 Å². The summed E-state index contributed by atoms with van der Waals surface area (Å²) < 4.78 is 135. The summed E-state index contributed by atoms with van der Waals surface area (Å²) in [5, 5.41) is -7.11. The summed E-state index contributed by atoms with van der Waals surface area (Å²) in [6.07, 6.45) is -2.79. The number of alkyl halides is 9. The molecule has 0 spiro atoms. The molecule has 0 atom stereocenters. The first kappa shape index (κ1) is 23.2. The normalized spacial score (nSPS) is 18.8. The molecule has 24 heavy (non-hydrogen) atoms. The largest absolute Gasteiger partial charge is 0.743 e. The van der Waals surface area contributed by atoms with Crippen molar-refractivity contribution in [2.45, 2.75) is 42.5 Å². The maximum atomic E-state index is 12.2. The van der Waals surface area contributed by atoms with Crippen molar-refractivity contribution in [1.82, 2.24) is 0 Å². The van der Waals surface area contributed by atoms with E-state index in [0.29, 0.717) is 0 Å². The molecule has 1 N–H and O–H groups in total. The molecule has 0 bridgehead atoms. The van der Waals surface area contributed by atoms with Crippen molar-refractivity contribution < 1.29 is 57.4 Å². The standard InChI is InChI=1S/C6H13N.C4HF9O3S/c1-7-5-3-2-4-6-7;5-1(6,3(9,10)11)2(7,8)4(12,13)17(14,15)16/h2-6H2,1H3;(H,14,15,16). The topological polar surface area (TPSA) is 61.6 Å². The van der Waals surface area contributed by atoms with Crippen LogP contribution >= 0.6 is 0 Å². The van der Waals surface area contributed by atoms with Gasteiger partial charge in [0.1, 0.15) is 0 Å². The predicted molar refractivity (Wildman–Crippen MR) is 61.1 cm³/mol. The van der Waals surface area contributed by atoms with E-state index < -0.39 is 33.4 Å². The van der Waals surface area contributed by atoms with Gasteiger partial charge in [-0.25, -0.2) is 8.42 Å². The Bertz CT molecular complexity index is 512. The second-order valence-electron chi connectivity index (χ2n) is 5.14. The monoisotopic (exact) mass is 399 g/mol. The Hall–Kier alpha value is -0.760. The van der Waals surface area contributed by atoms with Crippen molar-refractivity contribution in [1.29, 1.82) is 0 Å². The molecular weight excluding hydrogens is 385 g/mol. The van der Waals surface area contributed by atoms with Crippen LogP contribution in [0.5, 0.6) is 0 Å². The molecule has 0 aliphatic carbocycles. The maximum Gasteiger partial charge on any atom is 0.460 e. The zero-order valence-corrected chi connectivity index (χ0v) is 12.9. The van der Waals surface area contributed by atoms with E-state index >= 15 is 0 Å². The number of halogens is 9. The van der Waals surface area contributed by atoms with Crippen LogP contribution in [0.15, 0.2) is 0 Å². The summed E-state index contributed by atoms with van der Waals surface area (Å²) in [5.74, 6) is -14.8. The van der Waals surface area contributed by atoms with E-state index in [1.54, 1.807) is 4.90 Å². The molecule has 0 aromatic rings. The predicted octanol–water partition coefficient (Wildman–Crippen LogP) is 1.64. The fourth-order valence-corrected chi connectivity index (χ4v) is 2.12. The van der Waals surface area contributed by atoms with E-state index in [0.717, 1.165) is 0 Å². The van der Waals surface area contributed by atoms with E-state index in [9.17, 15) is 52.5 Å². The van der Waals surface area contributed by atoms with Crippen LogP contribution in [0.2, 0.25) is 0 Å². The smallest absolute Gasteiger partial charge is 0.460 e. The molecular formula is C10H14F9NO3S. The van der Waals surface area contributed by atoms with Crippen molar-refractivity contribution in [3.8, 4) is 0 Å². The molecule has 0 unspecified atom stereocenters. The molecule has 0 radical (unpaired) electrons. The number of rotatable bonds is 3. The highest BCUT2D eigenvalue weighted by molar-refractivity contribution is 7.86. The first-order chi connectivity index (χ1) is 10.4. The molecule has 1 fully saturated rings. The SMILES string of the molecule is C[NH+]1CCCCC1.O=S(=O)([O-])C(F)(F)C(F)(F)C(F)(F)C(F)(F)F. The second kappa shape index (κ2) is 7.23. The van der Waals surface area contributed by atoms with Gasteiger partial charge < -0.3 is 9.45 Å². The molecule has 1 aliphatic rings.